The number of anilines is 1. The summed E-state index contributed by atoms with van der Waals surface area (Å²) in [7, 11) is 1.60. The number of halogens is 2. The van der Waals surface area contributed by atoms with E-state index >= 15 is 0 Å². The van der Waals surface area contributed by atoms with Crippen molar-refractivity contribution in [1.82, 2.24) is 10.2 Å². The van der Waals surface area contributed by atoms with Crippen LogP contribution in [0.5, 0.6) is 5.75 Å². The highest BCUT2D eigenvalue weighted by molar-refractivity contribution is 5.97. The average molecular weight is 490 g/mol. The molecular weight excluding hydrogens is 460 g/mol. The van der Waals surface area contributed by atoms with Gasteiger partial charge in [-0.05, 0) is 42.3 Å². The van der Waals surface area contributed by atoms with Crippen LogP contribution in [-0.2, 0) is 14.3 Å². The number of esters is 1. The highest BCUT2D eigenvalue weighted by atomic mass is 19.1. The predicted molar refractivity (Wildman–Crippen MR) is 125 cm³/mol. The lowest BCUT2D eigenvalue weighted by molar-refractivity contribution is -0.154. The summed E-state index contributed by atoms with van der Waals surface area (Å²) >= 11 is 0. The van der Waals surface area contributed by atoms with Crippen LogP contribution in [0.1, 0.15) is 24.2 Å². The Labute approximate surface area is 202 Å². The number of hydrogen-bond acceptors (Lipinski definition) is 6. The maximum atomic E-state index is 13.9. The molecular formula is C25H29F2N3O5. The van der Waals surface area contributed by atoms with Crippen LogP contribution in [0.25, 0.3) is 0 Å². The largest absolute Gasteiger partial charge is 0.497 e. The molecule has 0 unspecified atom stereocenters. The van der Waals surface area contributed by atoms with Gasteiger partial charge >= 0.3 is 5.97 Å². The Morgan fingerprint density at radius 2 is 1.57 bits per heavy atom. The second kappa shape index (κ2) is 11.6. The minimum atomic E-state index is -1.18. The molecule has 0 aromatic heterocycles. The van der Waals surface area contributed by atoms with E-state index in [9.17, 15) is 23.2 Å². The fourth-order valence-electron chi connectivity index (χ4n) is 3.75. The molecule has 8 nitrogen and oxygen atoms in total. The fraction of sp³-hybridized carbons (Fsp3) is 0.400. The van der Waals surface area contributed by atoms with Gasteiger partial charge in [-0.15, -0.1) is 0 Å². The molecule has 1 aliphatic rings. The zero-order valence-corrected chi connectivity index (χ0v) is 19.9. The highest BCUT2D eigenvalue weighted by Crippen LogP contribution is 2.20. The lowest BCUT2D eigenvalue weighted by Crippen LogP contribution is -2.51. The summed E-state index contributed by atoms with van der Waals surface area (Å²) in [6.45, 7) is 4.94. The number of methoxy groups -OCH3 is 1. The van der Waals surface area contributed by atoms with Crippen LogP contribution in [0.4, 0.5) is 14.5 Å². The molecule has 1 heterocycles. The molecule has 1 atom stereocenters. The first-order valence-corrected chi connectivity index (χ1v) is 11.3. The van der Waals surface area contributed by atoms with E-state index in [4.69, 9.17) is 9.47 Å². The van der Waals surface area contributed by atoms with Crippen LogP contribution in [0, 0.1) is 17.6 Å². The molecule has 35 heavy (non-hydrogen) atoms. The number of carbonyl (C=O) groups is 3. The van der Waals surface area contributed by atoms with Crippen molar-refractivity contribution in [3.05, 3.63) is 59.7 Å². The van der Waals surface area contributed by atoms with Crippen molar-refractivity contribution < 1.29 is 32.6 Å². The third-order valence-corrected chi connectivity index (χ3v) is 5.80. The summed E-state index contributed by atoms with van der Waals surface area (Å²) in [4.78, 5) is 41.3. The van der Waals surface area contributed by atoms with E-state index in [0.717, 1.165) is 29.6 Å². The van der Waals surface area contributed by atoms with E-state index in [2.05, 4.69) is 10.2 Å². The summed E-state index contributed by atoms with van der Waals surface area (Å²) in [6, 6.07) is 9.51. The maximum absolute atomic E-state index is 13.9. The third kappa shape index (κ3) is 6.46. The van der Waals surface area contributed by atoms with Gasteiger partial charge in [-0.3, -0.25) is 9.59 Å². The summed E-state index contributed by atoms with van der Waals surface area (Å²) in [5.74, 6) is -4.04. The summed E-state index contributed by atoms with van der Waals surface area (Å²) in [6.07, 6.45) is 0. The number of hydrogen-bond donors (Lipinski definition) is 1. The van der Waals surface area contributed by atoms with Gasteiger partial charge in [-0.1, -0.05) is 19.9 Å². The van der Waals surface area contributed by atoms with Crippen LogP contribution in [0.15, 0.2) is 42.5 Å². The minimum Gasteiger partial charge on any atom is -0.497 e. The first-order valence-electron chi connectivity index (χ1n) is 11.3. The van der Waals surface area contributed by atoms with Gasteiger partial charge in [0.2, 0.25) is 0 Å². The van der Waals surface area contributed by atoms with Gasteiger partial charge in [0, 0.05) is 31.9 Å². The number of piperazine rings is 1. The number of benzene rings is 2. The molecule has 1 N–H and O–H groups in total. The maximum Gasteiger partial charge on any atom is 0.329 e. The molecule has 0 saturated carbocycles. The van der Waals surface area contributed by atoms with Gasteiger partial charge in [0.05, 0.1) is 7.11 Å². The molecule has 188 valence electrons. The molecule has 0 spiro atoms. The molecule has 1 saturated heterocycles. The first-order chi connectivity index (χ1) is 16.7. The molecule has 10 heteroatoms. The Bertz CT molecular complexity index is 1030. The lowest BCUT2D eigenvalue weighted by Gasteiger charge is -2.36. The van der Waals surface area contributed by atoms with Crippen molar-refractivity contribution in [1.29, 1.82) is 0 Å². The standard InChI is InChI=1S/C25H29F2N3O5/c1-16(2)23(28-24(32)22-19(26)5-4-6-20(22)27)25(33)35-15-21(31)30-13-11-29(12-14-30)17-7-9-18(34-3)10-8-17/h4-10,16,23H,11-15H2,1-3H3,(H,28,32)/t23-/m0/s1. The zero-order valence-electron chi connectivity index (χ0n) is 19.9. The molecule has 2 amide bonds. The van der Waals surface area contributed by atoms with Crippen molar-refractivity contribution in [3.8, 4) is 5.75 Å². The Morgan fingerprint density at radius 1 is 0.971 bits per heavy atom. The van der Waals surface area contributed by atoms with E-state index in [0.29, 0.717) is 26.2 Å². The van der Waals surface area contributed by atoms with E-state index in [-0.39, 0.29) is 5.91 Å². The molecule has 0 radical (unpaired) electrons. The topological polar surface area (TPSA) is 88.2 Å². The number of ether oxygens (including phenoxy) is 2. The van der Waals surface area contributed by atoms with E-state index in [1.54, 1.807) is 25.9 Å². The SMILES string of the molecule is COc1ccc(N2CCN(C(=O)COC(=O)[C@@H](NC(=O)c3c(F)cccc3F)C(C)C)CC2)cc1. The Hall–Kier alpha value is -3.69. The normalized spacial score (nSPS) is 14.5. The highest BCUT2D eigenvalue weighted by Gasteiger charge is 2.30. The van der Waals surface area contributed by atoms with Crippen LogP contribution < -0.4 is 15.0 Å². The second-order valence-electron chi connectivity index (χ2n) is 8.47. The predicted octanol–water partition coefficient (Wildman–Crippen LogP) is 2.62. The number of carbonyl (C=O) groups excluding carboxylic acids is 3. The molecule has 2 aromatic carbocycles. The molecule has 2 aromatic rings. The number of rotatable bonds is 8. The van der Waals surface area contributed by atoms with Crippen LogP contribution in [-0.4, -0.2) is 68.6 Å². The Morgan fingerprint density at radius 3 is 2.11 bits per heavy atom. The summed E-state index contributed by atoms with van der Waals surface area (Å²) < 4.78 is 38.1. The number of nitrogens with one attached hydrogen (secondary N) is 1. The third-order valence-electron chi connectivity index (χ3n) is 5.80. The lowest BCUT2D eigenvalue weighted by atomic mass is 10.0. The molecule has 0 bridgehead atoms. The van der Waals surface area contributed by atoms with E-state index in [1.165, 1.54) is 0 Å². The summed E-state index contributed by atoms with van der Waals surface area (Å²) in [5, 5.41) is 2.32. The molecule has 3 rings (SSSR count). The van der Waals surface area contributed by atoms with Gasteiger partial charge < -0.3 is 24.6 Å². The van der Waals surface area contributed by atoms with E-state index < -0.39 is 47.6 Å². The Kier molecular flexibility index (Phi) is 8.62. The fourth-order valence-corrected chi connectivity index (χ4v) is 3.75. The van der Waals surface area contributed by atoms with Gasteiger partial charge in [0.15, 0.2) is 6.61 Å². The minimum absolute atomic E-state index is 0.360. The first kappa shape index (κ1) is 25.9. The quantitative estimate of drug-likeness (QED) is 0.574. The van der Waals surface area contributed by atoms with E-state index in [1.807, 2.05) is 24.3 Å². The van der Waals surface area contributed by atoms with Crippen molar-refractivity contribution in [2.75, 3.05) is 44.8 Å². The zero-order chi connectivity index (χ0) is 25.5. The van der Waals surface area contributed by atoms with Crippen molar-refractivity contribution in [2.24, 2.45) is 5.92 Å². The average Bonchev–Trinajstić information content (AvgIpc) is 2.85. The molecule has 0 aliphatic carbocycles. The van der Waals surface area contributed by atoms with Crippen LogP contribution >= 0.6 is 0 Å². The van der Waals surface area contributed by atoms with Crippen LogP contribution in [0.2, 0.25) is 0 Å². The summed E-state index contributed by atoms with van der Waals surface area (Å²) in [5.41, 5.74) is 0.239. The monoisotopic (exact) mass is 489 g/mol. The van der Waals surface area contributed by atoms with Gasteiger partial charge in [0.25, 0.3) is 11.8 Å². The second-order valence-corrected chi connectivity index (χ2v) is 8.47. The molecule has 1 aliphatic heterocycles. The van der Waals surface area contributed by atoms with Gasteiger partial charge in [-0.25, -0.2) is 13.6 Å². The van der Waals surface area contributed by atoms with Gasteiger partial charge in [0.1, 0.15) is 29.0 Å². The van der Waals surface area contributed by atoms with Gasteiger partial charge in [-0.2, -0.15) is 0 Å². The number of nitrogens with zero attached hydrogens (tertiary/aromatic N) is 2. The van der Waals surface area contributed by atoms with Crippen molar-refractivity contribution >= 4 is 23.5 Å². The Balaban J connectivity index is 1.51. The smallest absolute Gasteiger partial charge is 0.329 e. The molecule has 1 fully saturated rings. The van der Waals surface area contributed by atoms with Crippen LogP contribution in [0.3, 0.4) is 0 Å². The van der Waals surface area contributed by atoms with Crippen molar-refractivity contribution in [2.45, 2.75) is 19.9 Å². The number of amides is 2. The van der Waals surface area contributed by atoms with Crippen molar-refractivity contribution in [3.63, 3.8) is 0 Å².